The molecule has 4 rings (SSSR count). The van der Waals surface area contributed by atoms with Gasteiger partial charge in [0, 0.05) is 34.3 Å². The molecule has 0 saturated carbocycles. The van der Waals surface area contributed by atoms with Gasteiger partial charge in [0.2, 0.25) is 0 Å². The standard InChI is InChI=1S/C20H18ClFN4O4S/c1-2-29-19(27)15-14-5-7-30-20(28)24-10-26(14)17(18-23-6-8-31-18)25-16(15)12-4-3-11(22)9-13(12)21/h3-4,6,8-9,16H,2,5,7,10H2,1H3,(H,24,28)/t16-/m0/s1. The number of amides is 1. The van der Waals surface area contributed by atoms with E-state index >= 15 is 0 Å². The fourth-order valence-electron chi connectivity index (χ4n) is 3.45. The molecule has 1 atom stereocenters. The molecule has 162 valence electrons. The minimum atomic E-state index is -0.840. The van der Waals surface area contributed by atoms with Crippen LogP contribution >= 0.6 is 22.9 Å². The van der Waals surface area contributed by atoms with Gasteiger partial charge in [-0.1, -0.05) is 17.7 Å². The first-order chi connectivity index (χ1) is 15.0. The third kappa shape index (κ3) is 4.26. The van der Waals surface area contributed by atoms with Gasteiger partial charge >= 0.3 is 12.1 Å². The molecule has 1 amide bonds. The lowest BCUT2D eigenvalue weighted by Gasteiger charge is -2.36. The van der Waals surface area contributed by atoms with Crippen LogP contribution in [-0.4, -0.2) is 47.7 Å². The molecular formula is C20H18ClFN4O4S. The van der Waals surface area contributed by atoms with Crippen LogP contribution in [0.25, 0.3) is 0 Å². The average Bonchev–Trinajstić information content (AvgIpc) is 3.25. The number of nitrogens with one attached hydrogen (secondary N) is 1. The highest BCUT2D eigenvalue weighted by atomic mass is 35.5. The van der Waals surface area contributed by atoms with Crippen LogP contribution in [0.1, 0.15) is 30.0 Å². The van der Waals surface area contributed by atoms with E-state index in [-0.39, 0.29) is 36.9 Å². The summed E-state index contributed by atoms with van der Waals surface area (Å²) in [6, 6.07) is 3.10. The lowest BCUT2D eigenvalue weighted by Crippen LogP contribution is -2.46. The van der Waals surface area contributed by atoms with Crippen molar-refractivity contribution in [2.75, 3.05) is 19.9 Å². The predicted octanol–water partition coefficient (Wildman–Crippen LogP) is 3.64. The second kappa shape index (κ2) is 9.03. The molecule has 0 bridgehead atoms. The normalized spacial score (nSPS) is 18.9. The molecule has 0 aliphatic carbocycles. The predicted molar refractivity (Wildman–Crippen MR) is 112 cm³/mol. The van der Waals surface area contributed by atoms with Crippen molar-refractivity contribution in [2.24, 2.45) is 4.99 Å². The minimum Gasteiger partial charge on any atom is -0.463 e. The first-order valence-corrected chi connectivity index (χ1v) is 10.8. The van der Waals surface area contributed by atoms with Crippen molar-refractivity contribution in [1.29, 1.82) is 0 Å². The molecule has 3 heterocycles. The summed E-state index contributed by atoms with van der Waals surface area (Å²) in [4.78, 5) is 35.7. The third-order valence-electron chi connectivity index (χ3n) is 4.75. The maximum atomic E-state index is 13.7. The molecule has 1 aromatic carbocycles. The Hall–Kier alpha value is -2.98. The van der Waals surface area contributed by atoms with Crippen molar-refractivity contribution in [3.05, 3.63) is 62.5 Å². The van der Waals surface area contributed by atoms with Crippen molar-refractivity contribution in [3.8, 4) is 0 Å². The quantitative estimate of drug-likeness (QED) is 0.694. The summed E-state index contributed by atoms with van der Waals surface area (Å²) in [5.41, 5.74) is 1.29. The van der Waals surface area contributed by atoms with Crippen molar-refractivity contribution in [2.45, 2.75) is 19.4 Å². The van der Waals surface area contributed by atoms with Gasteiger partial charge in [-0.05, 0) is 19.1 Å². The number of ether oxygens (including phenoxy) is 2. The van der Waals surface area contributed by atoms with Gasteiger partial charge < -0.3 is 19.7 Å². The number of benzene rings is 1. The maximum absolute atomic E-state index is 13.7. The molecule has 0 radical (unpaired) electrons. The summed E-state index contributed by atoms with van der Waals surface area (Å²) in [6.45, 7) is 1.94. The summed E-state index contributed by atoms with van der Waals surface area (Å²) >= 11 is 7.71. The van der Waals surface area contributed by atoms with Gasteiger partial charge in [-0.3, -0.25) is 4.99 Å². The minimum absolute atomic E-state index is 0.0271. The molecule has 2 aliphatic heterocycles. The Morgan fingerprint density at radius 1 is 1.48 bits per heavy atom. The monoisotopic (exact) mass is 464 g/mol. The third-order valence-corrected chi connectivity index (χ3v) is 5.84. The smallest absolute Gasteiger partial charge is 0.408 e. The number of esters is 1. The highest BCUT2D eigenvalue weighted by Crippen LogP contribution is 2.40. The molecule has 1 aromatic heterocycles. The van der Waals surface area contributed by atoms with Crippen LogP contribution in [0, 0.1) is 5.82 Å². The van der Waals surface area contributed by atoms with E-state index in [1.54, 1.807) is 23.4 Å². The number of hydrogen-bond donors (Lipinski definition) is 1. The van der Waals surface area contributed by atoms with E-state index in [1.807, 2.05) is 0 Å². The summed E-state index contributed by atoms with van der Waals surface area (Å²) < 4.78 is 24.1. The van der Waals surface area contributed by atoms with Gasteiger partial charge in [-0.15, -0.1) is 11.3 Å². The summed E-state index contributed by atoms with van der Waals surface area (Å²) in [7, 11) is 0. The molecule has 2 aromatic rings. The molecule has 31 heavy (non-hydrogen) atoms. The van der Waals surface area contributed by atoms with Gasteiger partial charge in [0.15, 0.2) is 10.8 Å². The zero-order chi connectivity index (χ0) is 22.0. The number of hydrogen-bond acceptors (Lipinski definition) is 8. The zero-order valence-electron chi connectivity index (χ0n) is 16.4. The molecule has 0 spiro atoms. The molecule has 11 heteroatoms. The lowest BCUT2D eigenvalue weighted by molar-refractivity contribution is -0.139. The molecule has 0 unspecified atom stereocenters. The number of nitrogens with zero attached hydrogens (tertiary/aromatic N) is 3. The second-order valence-electron chi connectivity index (χ2n) is 6.59. The Balaban J connectivity index is 1.92. The zero-order valence-corrected chi connectivity index (χ0v) is 18.0. The van der Waals surface area contributed by atoms with Crippen LogP contribution in [-0.2, 0) is 14.3 Å². The van der Waals surface area contributed by atoms with E-state index in [9.17, 15) is 14.0 Å². The van der Waals surface area contributed by atoms with E-state index in [2.05, 4.69) is 10.3 Å². The first kappa shape index (κ1) is 21.3. The summed E-state index contributed by atoms with van der Waals surface area (Å²) in [6.07, 6.45) is 1.32. The fraction of sp³-hybridized carbons (Fsp3) is 0.300. The Bertz CT molecular complexity index is 1070. The molecule has 1 N–H and O–H groups in total. The summed E-state index contributed by atoms with van der Waals surface area (Å²) in [5.74, 6) is -0.602. The van der Waals surface area contributed by atoms with Crippen LogP contribution in [0.2, 0.25) is 5.02 Å². The van der Waals surface area contributed by atoms with E-state index in [1.165, 1.54) is 29.5 Å². The number of aliphatic imine (C=N–C) groups is 1. The number of halogens is 2. The van der Waals surface area contributed by atoms with E-state index in [0.29, 0.717) is 22.1 Å². The Morgan fingerprint density at radius 2 is 2.32 bits per heavy atom. The number of fused-ring (bicyclic) bond motifs is 1. The average molecular weight is 465 g/mol. The van der Waals surface area contributed by atoms with Crippen molar-refractivity contribution < 1.29 is 23.5 Å². The number of thiazole rings is 1. The molecule has 1 saturated heterocycles. The largest absolute Gasteiger partial charge is 0.463 e. The second-order valence-corrected chi connectivity index (χ2v) is 7.89. The number of rotatable bonds is 4. The number of carbonyl (C=O) groups excluding carboxylic acids is 2. The van der Waals surface area contributed by atoms with E-state index < -0.39 is 23.9 Å². The number of amidine groups is 1. The summed E-state index contributed by atoms with van der Waals surface area (Å²) in [5, 5.41) is 5.17. The number of carbonyl (C=O) groups is 2. The van der Waals surface area contributed by atoms with E-state index in [0.717, 1.165) is 0 Å². The van der Waals surface area contributed by atoms with Crippen LogP contribution in [0.3, 0.4) is 0 Å². The van der Waals surface area contributed by atoms with Crippen molar-refractivity contribution in [3.63, 3.8) is 0 Å². The Labute approximate surface area is 186 Å². The van der Waals surface area contributed by atoms with E-state index in [4.69, 9.17) is 26.1 Å². The van der Waals surface area contributed by atoms with Gasteiger partial charge in [-0.25, -0.2) is 19.0 Å². The lowest BCUT2D eigenvalue weighted by atomic mass is 9.93. The van der Waals surface area contributed by atoms with Crippen molar-refractivity contribution >= 4 is 40.8 Å². The fourth-order valence-corrected chi connectivity index (χ4v) is 4.36. The Kier molecular flexibility index (Phi) is 6.19. The van der Waals surface area contributed by atoms with Gasteiger partial charge in [-0.2, -0.15) is 0 Å². The van der Waals surface area contributed by atoms with Crippen LogP contribution < -0.4 is 5.32 Å². The molecular weight excluding hydrogens is 447 g/mol. The maximum Gasteiger partial charge on any atom is 0.408 e. The number of cyclic esters (lactones) is 1. The molecule has 1 fully saturated rings. The number of alkyl carbamates (subject to hydrolysis) is 1. The SMILES string of the molecule is CCOC(=O)C1=C2CCOC(=O)NCN2C(c2nccs2)=N[C@H]1c1ccc(F)cc1Cl. The van der Waals surface area contributed by atoms with Crippen LogP contribution in [0.5, 0.6) is 0 Å². The topological polar surface area (TPSA) is 93.1 Å². The number of aromatic nitrogens is 1. The first-order valence-electron chi connectivity index (χ1n) is 9.50. The Morgan fingerprint density at radius 3 is 3.03 bits per heavy atom. The van der Waals surface area contributed by atoms with Crippen molar-refractivity contribution in [1.82, 2.24) is 15.2 Å². The molecule has 8 nitrogen and oxygen atoms in total. The van der Waals surface area contributed by atoms with Crippen LogP contribution in [0.15, 0.2) is 46.0 Å². The van der Waals surface area contributed by atoms with Crippen LogP contribution in [0.4, 0.5) is 9.18 Å². The highest BCUT2D eigenvalue weighted by molar-refractivity contribution is 7.11. The van der Waals surface area contributed by atoms with Gasteiger partial charge in [0.25, 0.3) is 0 Å². The van der Waals surface area contributed by atoms with Gasteiger partial charge in [0.05, 0.1) is 25.5 Å². The molecule has 2 aliphatic rings. The van der Waals surface area contributed by atoms with Gasteiger partial charge in [0.1, 0.15) is 11.9 Å². The highest BCUT2D eigenvalue weighted by Gasteiger charge is 2.38.